The highest BCUT2D eigenvalue weighted by Crippen LogP contribution is 2.26. The molecule has 0 unspecified atom stereocenters. The molecule has 0 aliphatic carbocycles. The van der Waals surface area contributed by atoms with Gasteiger partial charge in [-0.1, -0.05) is 6.07 Å². The van der Waals surface area contributed by atoms with E-state index in [-0.39, 0.29) is 16.9 Å². The van der Waals surface area contributed by atoms with E-state index in [1.54, 1.807) is 36.7 Å². The van der Waals surface area contributed by atoms with Gasteiger partial charge < -0.3 is 19.8 Å². The minimum absolute atomic E-state index is 0.0938. The van der Waals surface area contributed by atoms with Gasteiger partial charge in [-0.3, -0.25) is 4.98 Å². The standard InChI is InChI=1S/C19H16N4O3/c1-25-19(24)18-17(21)14(9-20)11-23(18)15-4-6-16(7-5-15)26-12-13-3-2-8-22-10-13/h2-8,10-11H,12,21H2,1H3. The first-order valence-corrected chi connectivity index (χ1v) is 7.75. The number of aromatic nitrogens is 2. The molecule has 130 valence electrons. The second-order valence-electron chi connectivity index (χ2n) is 5.42. The topological polar surface area (TPSA) is 103 Å². The van der Waals surface area contributed by atoms with Crippen molar-refractivity contribution < 1.29 is 14.3 Å². The molecule has 2 heterocycles. The number of carbonyl (C=O) groups is 1. The van der Waals surface area contributed by atoms with Crippen LogP contribution in [0.1, 0.15) is 21.6 Å². The van der Waals surface area contributed by atoms with Crippen LogP contribution in [-0.4, -0.2) is 22.6 Å². The number of nitrogens with two attached hydrogens (primary N) is 1. The highest BCUT2D eigenvalue weighted by Gasteiger charge is 2.21. The maximum atomic E-state index is 12.0. The number of ether oxygens (including phenoxy) is 2. The number of nitrogens with zero attached hydrogens (tertiary/aromatic N) is 3. The maximum Gasteiger partial charge on any atom is 0.357 e. The second-order valence-corrected chi connectivity index (χ2v) is 5.42. The number of pyridine rings is 1. The molecule has 0 fully saturated rings. The maximum absolute atomic E-state index is 12.0. The fraction of sp³-hybridized carbons (Fsp3) is 0.105. The average Bonchev–Trinajstić information content (AvgIpc) is 3.03. The van der Waals surface area contributed by atoms with E-state index in [9.17, 15) is 4.79 Å². The molecular formula is C19H16N4O3. The van der Waals surface area contributed by atoms with Gasteiger partial charge in [0.15, 0.2) is 5.69 Å². The minimum atomic E-state index is -0.610. The summed E-state index contributed by atoms with van der Waals surface area (Å²) in [7, 11) is 1.26. The smallest absolute Gasteiger partial charge is 0.357 e. The van der Waals surface area contributed by atoms with Gasteiger partial charge in [0.05, 0.1) is 18.4 Å². The Morgan fingerprint density at radius 2 is 2.08 bits per heavy atom. The van der Waals surface area contributed by atoms with E-state index < -0.39 is 5.97 Å². The summed E-state index contributed by atoms with van der Waals surface area (Å²) in [6.45, 7) is 0.398. The summed E-state index contributed by atoms with van der Waals surface area (Å²) in [5.74, 6) is 0.0544. The Kier molecular flexibility index (Phi) is 4.85. The van der Waals surface area contributed by atoms with Crippen LogP contribution in [0.15, 0.2) is 55.0 Å². The Labute approximate surface area is 150 Å². The molecule has 0 amide bonds. The summed E-state index contributed by atoms with van der Waals surface area (Å²) in [4.78, 5) is 16.1. The Hall–Kier alpha value is -3.79. The van der Waals surface area contributed by atoms with Crippen molar-refractivity contribution in [2.45, 2.75) is 6.61 Å². The van der Waals surface area contributed by atoms with Crippen molar-refractivity contribution in [3.05, 3.63) is 71.8 Å². The molecule has 0 radical (unpaired) electrons. The lowest BCUT2D eigenvalue weighted by Gasteiger charge is -2.10. The molecule has 2 N–H and O–H groups in total. The van der Waals surface area contributed by atoms with Crippen molar-refractivity contribution >= 4 is 11.7 Å². The summed E-state index contributed by atoms with van der Waals surface area (Å²) >= 11 is 0. The lowest BCUT2D eigenvalue weighted by Crippen LogP contribution is -2.11. The number of carbonyl (C=O) groups excluding carboxylic acids is 1. The average molecular weight is 348 g/mol. The third-order valence-corrected chi connectivity index (χ3v) is 3.79. The van der Waals surface area contributed by atoms with Crippen LogP contribution >= 0.6 is 0 Å². The number of hydrogen-bond acceptors (Lipinski definition) is 6. The first kappa shape index (κ1) is 17.0. The molecule has 3 rings (SSSR count). The summed E-state index contributed by atoms with van der Waals surface area (Å²) < 4.78 is 12.0. The van der Waals surface area contributed by atoms with Crippen molar-refractivity contribution in [2.75, 3.05) is 12.8 Å². The predicted molar refractivity (Wildman–Crippen MR) is 94.8 cm³/mol. The molecule has 0 bridgehead atoms. The second kappa shape index (κ2) is 7.40. The fourth-order valence-corrected chi connectivity index (χ4v) is 2.47. The Morgan fingerprint density at radius 1 is 1.31 bits per heavy atom. The number of rotatable bonds is 5. The molecular weight excluding hydrogens is 332 g/mol. The lowest BCUT2D eigenvalue weighted by molar-refractivity contribution is 0.0593. The highest BCUT2D eigenvalue weighted by molar-refractivity contribution is 5.95. The van der Waals surface area contributed by atoms with Gasteiger partial charge in [-0.15, -0.1) is 0 Å². The van der Waals surface area contributed by atoms with E-state index in [1.807, 2.05) is 18.2 Å². The number of hydrogen-bond donors (Lipinski definition) is 1. The number of benzene rings is 1. The molecule has 0 saturated heterocycles. The third-order valence-electron chi connectivity index (χ3n) is 3.79. The van der Waals surface area contributed by atoms with E-state index in [0.29, 0.717) is 18.0 Å². The minimum Gasteiger partial charge on any atom is -0.489 e. The molecule has 2 aromatic heterocycles. The molecule has 0 saturated carbocycles. The lowest BCUT2D eigenvalue weighted by atomic mass is 10.2. The van der Waals surface area contributed by atoms with Gasteiger partial charge in [-0.25, -0.2) is 4.79 Å². The van der Waals surface area contributed by atoms with Gasteiger partial charge in [0.2, 0.25) is 0 Å². The van der Waals surface area contributed by atoms with Gasteiger partial charge in [-0.2, -0.15) is 5.26 Å². The van der Waals surface area contributed by atoms with Crippen LogP contribution in [0, 0.1) is 11.3 Å². The molecule has 26 heavy (non-hydrogen) atoms. The number of anilines is 1. The predicted octanol–water partition coefficient (Wildman–Crippen LogP) is 2.69. The van der Waals surface area contributed by atoms with Gasteiger partial charge >= 0.3 is 5.97 Å². The zero-order chi connectivity index (χ0) is 18.5. The molecule has 0 spiro atoms. The van der Waals surface area contributed by atoms with Crippen molar-refractivity contribution in [1.29, 1.82) is 5.26 Å². The van der Waals surface area contributed by atoms with Crippen molar-refractivity contribution in [3.8, 4) is 17.5 Å². The number of esters is 1. The summed E-state index contributed by atoms with van der Waals surface area (Å²) in [6, 6.07) is 12.8. The molecule has 0 aliphatic rings. The number of nitriles is 1. The highest BCUT2D eigenvalue weighted by atomic mass is 16.5. The first-order chi connectivity index (χ1) is 12.6. The Morgan fingerprint density at radius 3 is 2.69 bits per heavy atom. The monoisotopic (exact) mass is 348 g/mol. The molecule has 7 heteroatoms. The van der Waals surface area contributed by atoms with E-state index in [2.05, 4.69) is 4.98 Å². The quantitative estimate of drug-likeness (QED) is 0.711. The van der Waals surface area contributed by atoms with Gasteiger partial charge in [0.1, 0.15) is 18.4 Å². The van der Waals surface area contributed by atoms with Crippen LogP contribution in [0.5, 0.6) is 5.75 Å². The van der Waals surface area contributed by atoms with Crippen LogP contribution in [0.2, 0.25) is 0 Å². The third kappa shape index (κ3) is 3.35. The number of methoxy groups -OCH3 is 1. The molecule has 1 aromatic carbocycles. The van der Waals surface area contributed by atoms with E-state index in [1.165, 1.54) is 17.9 Å². The van der Waals surface area contributed by atoms with E-state index in [0.717, 1.165) is 5.56 Å². The van der Waals surface area contributed by atoms with Crippen LogP contribution in [0.25, 0.3) is 5.69 Å². The van der Waals surface area contributed by atoms with Gasteiger partial charge in [-0.05, 0) is 30.3 Å². The van der Waals surface area contributed by atoms with Gasteiger partial charge in [0, 0.05) is 29.8 Å². The Balaban J connectivity index is 1.85. The zero-order valence-electron chi connectivity index (χ0n) is 14.0. The molecule has 7 nitrogen and oxygen atoms in total. The van der Waals surface area contributed by atoms with Crippen molar-refractivity contribution in [1.82, 2.24) is 9.55 Å². The van der Waals surface area contributed by atoms with E-state index in [4.69, 9.17) is 20.5 Å². The Bertz CT molecular complexity index is 957. The van der Waals surface area contributed by atoms with Crippen LogP contribution in [-0.2, 0) is 11.3 Å². The number of nitrogen functional groups attached to an aromatic ring is 1. The molecule has 3 aromatic rings. The van der Waals surface area contributed by atoms with Crippen molar-refractivity contribution in [3.63, 3.8) is 0 Å². The summed E-state index contributed by atoms with van der Waals surface area (Å²) in [5, 5.41) is 9.16. The van der Waals surface area contributed by atoms with Crippen LogP contribution in [0.4, 0.5) is 5.69 Å². The normalized spacial score (nSPS) is 10.2. The molecule has 0 atom stereocenters. The molecule has 0 aliphatic heterocycles. The van der Waals surface area contributed by atoms with Gasteiger partial charge in [0.25, 0.3) is 0 Å². The van der Waals surface area contributed by atoms with Crippen LogP contribution in [0.3, 0.4) is 0 Å². The SMILES string of the molecule is COC(=O)c1c(N)c(C#N)cn1-c1ccc(OCc2cccnc2)cc1. The van der Waals surface area contributed by atoms with Crippen LogP contribution < -0.4 is 10.5 Å². The largest absolute Gasteiger partial charge is 0.489 e. The fourth-order valence-electron chi connectivity index (χ4n) is 2.47. The van der Waals surface area contributed by atoms with E-state index >= 15 is 0 Å². The zero-order valence-corrected chi connectivity index (χ0v) is 14.0. The first-order valence-electron chi connectivity index (χ1n) is 7.75. The summed E-state index contributed by atoms with van der Waals surface area (Å²) in [6.07, 6.45) is 4.95. The van der Waals surface area contributed by atoms with Crippen molar-refractivity contribution in [2.24, 2.45) is 0 Å². The summed E-state index contributed by atoms with van der Waals surface area (Å²) in [5.41, 5.74) is 7.94.